The third-order valence-corrected chi connectivity index (χ3v) is 8.30. The fourth-order valence-electron chi connectivity index (χ4n) is 5.87. The Labute approximate surface area is 206 Å². The van der Waals surface area contributed by atoms with E-state index in [2.05, 4.69) is 40.7 Å². The summed E-state index contributed by atoms with van der Waals surface area (Å²) in [5, 5.41) is 0. The second-order valence-electron chi connectivity index (χ2n) is 10.4. The maximum absolute atomic E-state index is 13.0. The minimum absolute atomic E-state index is 0.174. The van der Waals surface area contributed by atoms with Gasteiger partial charge in [0.2, 0.25) is 5.91 Å². The summed E-state index contributed by atoms with van der Waals surface area (Å²) in [6.45, 7) is 13.0. The van der Waals surface area contributed by atoms with Crippen LogP contribution < -0.4 is 0 Å². The minimum Gasteiger partial charge on any atom is -0.340 e. The molecule has 3 saturated heterocycles. The highest BCUT2D eigenvalue weighted by atomic mass is 16.2. The van der Waals surface area contributed by atoms with Crippen LogP contribution in [0.15, 0.2) is 24.3 Å². The van der Waals surface area contributed by atoms with Crippen LogP contribution in [-0.2, 0) is 11.2 Å². The van der Waals surface area contributed by atoms with E-state index in [0.29, 0.717) is 11.9 Å². The molecule has 0 bridgehead atoms. The summed E-state index contributed by atoms with van der Waals surface area (Å²) < 4.78 is 0. The van der Waals surface area contributed by atoms with Crippen LogP contribution >= 0.6 is 0 Å². The average Bonchev–Trinajstić information content (AvgIpc) is 2.91. The normalized spacial score (nSPS) is 21.7. The number of benzene rings is 1. The molecule has 1 aromatic rings. The van der Waals surface area contributed by atoms with Gasteiger partial charge in [0.05, 0.1) is 0 Å². The monoisotopic (exact) mass is 468 g/mol. The van der Waals surface area contributed by atoms with Gasteiger partial charge in [-0.25, -0.2) is 0 Å². The predicted molar refractivity (Wildman–Crippen MR) is 137 cm³/mol. The molecular weight excluding hydrogens is 424 g/mol. The van der Waals surface area contributed by atoms with Gasteiger partial charge in [-0.2, -0.15) is 0 Å². The molecule has 0 N–H and O–H groups in total. The van der Waals surface area contributed by atoms with Gasteiger partial charge >= 0.3 is 0 Å². The number of hydrogen-bond acceptors (Lipinski definition) is 4. The third-order valence-electron chi connectivity index (χ3n) is 8.30. The molecule has 6 heteroatoms. The topological polar surface area (TPSA) is 47.1 Å². The van der Waals surface area contributed by atoms with Crippen LogP contribution in [0.3, 0.4) is 0 Å². The number of amides is 2. The largest absolute Gasteiger partial charge is 0.340 e. The molecule has 3 aliphatic heterocycles. The second kappa shape index (κ2) is 12.2. The van der Waals surface area contributed by atoms with Crippen molar-refractivity contribution >= 4 is 11.8 Å². The molecule has 0 aliphatic carbocycles. The molecule has 0 spiro atoms. The number of aryl methyl sites for hydroxylation is 1. The highest BCUT2D eigenvalue weighted by Gasteiger charge is 2.34. The van der Waals surface area contributed by atoms with Gasteiger partial charge < -0.3 is 19.6 Å². The summed E-state index contributed by atoms with van der Waals surface area (Å²) in [4.78, 5) is 35.1. The fourth-order valence-corrected chi connectivity index (χ4v) is 5.87. The number of carbonyl (C=O) groups is 2. The van der Waals surface area contributed by atoms with Gasteiger partial charge in [0.15, 0.2) is 0 Å². The fraction of sp³-hybridized carbons (Fsp3) is 0.714. The molecule has 4 rings (SSSR count). The molecule has 3 fully saturated rings. The van der Waals surface area contributed by atoms with Gasteiger partial charge in [0, 0.05) is 56.8 Å². The van der Waals surface area contributed by atoms with Crippen LogP contribution in [0.1, 0.15) is 68.3 Å². The molecular formula is C28H44N4O2. The summed E-state index contributed by atoms with van der Waals surface area (Å²) in [6, 6.07) is 8.78. The first-order valence-corrected chi connectivity index (χ1v) is 13.7. The average molecular weight is 469 g/mol. The van der Waals surface area contributed by atoms with Gasteiger partial charge in [-0.05, 0) is 75.9 Å². The second-order valence-corrected chi connectivity index (χ2v) is 10.4. The van der Waals surface area contributed by atoms with E-state index in [1.54, 1.807) is 0 Å². The van der Waals surface area contributed by atoms with Crippen LogP contribution in [0.5, 0.6) is 0 Å². The molecule has 0 saturated carbocycles. The molecule has 0 aromatic heterocycles. The molecule has 34 heavy (non-hydrogen) atoms. The quantitative estimate of drug-likeness (QED) is 0.614. The first-order valence-electron chi connectivity index (χ1n) is 13.7. The zero-order valence-corrected chi connectivity index (χ0v) is 21.4. The summed E-state index contributed by atoms with van der Waals surface area (Å²) in [5.41, 5.74) is 2.14. The number of likely N-dealkylation sites (tertiary alicyclic amines) is 2. The van der Waals surface area contributed by atoms with Gasteiger partial charge in [-0.15, -0.1) is 0 Å². The number of piperazine rings is 1. The van der Waals surface area contributed by atoms with E-state index in [4.69, 9.17) is 0 Å². The van der Waals surface area contributed by atoms with Crippen molar-refractivity contribution in [1.29, 1.82) is 0 Å². The zero-order valence-electron chi connectivity index (χ0n) is 21.4. The smallest absolute Gasteiger partial charge is 0.253 e. The molecule has 0 radical (unpaired) electrons. The van der Waals surface area contributed by atoms with E-state index in [1.807, 2.05) is 17.0 Å². The van der Waals surface area contributed by atoms with Gasteiger partial charge in [0.1, 0.15) is 0 Å². The van der Waals surface area contributed by atoms with Crippen molar-refractivity contribution in [1.82, 2.24) is 19.6 Å². The van der Waals surface area contributed by atoms with E-state index in [0.717, 1.165) is 96.6 Å². The van der Waals surface area contributed by atoms with E-state index >= 15 is 0 Å². The Hall–Kier alpha value is -1.92. The molecule has 0 atom stereocenters. The van der Waals surface area contributed by atoms with Crippen LogP contribution in [0.25, 0.3) is 0 Å². The molecule has 188 valence electrons. The van der Waals surface area contributed by atoms with Gasteiger partial charge in [0.25, 0.3) is 5.91 Å². The van der Waals surface area contributed by atoms with Crippen molar-refractivity contribution in [2.75, 3.05) is 58.9 Å². The lowest BCUT2D eigenvalue weighted by Gasteiger charge is -2.42. The van der Waals surface area contributed by atoms with Crippen LogP contribution in [0.2, 0.25) is 0 Å². The van der Waals surface area contributed by atoms with Crippen LogP contribution in [0.4, 0.5) is 0 Å². The van der Waals surface area contributed by atoms with E-state index in [-0.39, 0.29) is 11.8 Å². The van der Waals surface area contributed by atoms with Crippen molar-refractivity contribution in [3.8, 4) is 0 Å². The number of carbonyl (C=O) groups excluding carboxylic acids is 2. The Kier molecular flexibility index (Phi) is 9.01. The van der Waals surface area contributed by atoms with Crippen molar-refractivity contribution in [3.05, 3.63) is 35.4 Å². The van der Waals surface area contributed by atoms with Crippen molar-refractivity contribution in [3.63, 3.8) is 0 Å². The summed E-state index contributed by atoms with van der Waals surface area (Å²) in [5.74, 6) is 0.760. The summed E-state index contributed by atoms with van der Waals surface area (Å²) >= 11 is 0. The SMILES string of the molecule is CCCCc1ccc(C(=O)N2CCC(N3CCC(C(=O)N4CCN(CC)CC4)CC3)CC2)cc1. The lowest BCUT2D eigenvalue weighted by atomic mass is 9.92. The third kappa shape index (κ3) is 6.19. The van der Waals surface area contributed by atoms with Crippen LogP contribution in [0, 0.1) is 5.92 Å². The molecule has 1 aromatic carbocycles. The first kappa shape index (κ1) is 25.2. The molecule has 2 amide bonds. The zero-order chi connectivity index (χ0) is 23.9. The molecule has 3 heterocycles. The number of piperidine rings is 2. The number of nitrogens with zero attached hydrogens (tertiary/aromatic N) is 4. The molecule has 0 unspecified atom stereocenters. The Morgan fingerprint density at radius 2 is 1.44 bits per heavy atom. The maximum atomic E-state index is 13.0. The highest BCUT2D eigenvalue weighted by molar-refractivity contribution is 5.94. The number of rotatable bonds is 7. The Bertz CT molecular complexity index is 787. The lowest BCUT2D eigenvalue weighted by Crippen LogP contribution is -2.53. The van der Waals surface area contributed by atoms with E-state index < -0.39 is 0 Å². The lowest BCUT2D eigenvalue weighted by molar-refractivity contribution is -0.139. The van der Waals surface area contributed by atoms with Crippen LogP contribution in [-0.4, -0.2) is 96.4 Å². The predicted octanol–water partition coefficient (Wildman–Crippen LogP) is 3.51. The standard InChI is InChI=1S/C28H44N4O2/c1-3-5-6-23-7-9-24(10-8-23)27(33)31-17-13-26(14-18-31)30-15-11-25(12-16-30)28(34)32-21-19-29(4-2)20-22-32/h7-10,25-26H,3-6,11-22H2,1-2H3. The van der Waals surface area contributed by atoms with Gasteiger partial charge in [-0.1, -0.05) is 32.4 Å². The summed E-state index contributed by atoms with van der Waals surface area (Å²) in [6.07, 6.45) is 7.53. The summed E-state index contributed by atoms with van der Waals surface area (Å²) in [7, 11) is 0. The van der Waals surface area contributed by atoms with Gasteiger partial charge in [-0.3, -0.25) is 9.59 Å². The molecule has 3 aliphatic rings. The first-order chi connectivity index (χ1) is 16.6. The number of unbranched alkanes of at least 4 members (excludes halogenated alkanes) is 1. The van der Waals surface area contributed by atoms with Crippen molar-refractivity contribution in [2.45, 2.75) is 64.8 Å². The Balaban J connectivity index is 1.19. The minimum atomic E-state index is 0.174. The number of hydrogen-bond donors (Lipinski definition) is 0. The Morgan fingerprint density at radius 3 is 2.03 bits per heavy atom. The van der Waals surface area contributed by atoms with Crippen molar-refractivity contribution < 1.29 is 9.59 Å². The number of likely N-dealkylation sites (N-methyl/N-ethyl adjacent to an activating group) is 1. The van der Waals surface area contributed by atoms with E-state index in [9.17, 15) is 9.59 Å². The van der Waals surface area contributed by atoms with E-state index in [1.165, 1.54) is 18.4 Å². The Morgan fingerprint density at radius 1 is 0.794 bits per heavy atom. The highest BCUT2D eigenvalue weighted by Crippen LogP contribution is 2.26. The maximum Gasteiger partial charge on any atom is 0.253 e. The molecule has 6 nitrogen and oxygen atoms in total. The van der Waals surface area contributed by atoms with Crippen molar-refractivity contribution in [2.24, 2.45) is 5.92 Å².